The minimum absolute atomic E-state index is 0.00403. The number of hydrogen-bond acceptors (Lipinski definition) is 5. The van der Waals surface area contributed by atoms with Gasteiger partial charge >= 0.3 is 0 Å². The van der Waals surface area contributed by atoms with Crippen LogP contribution < -0.4 is 0 Å². The molecule has 0 aromatic carbocycles. The Morgan fingerprint density at radius 1 is 1.31 bits per heavy atom. The Morgan fingerprint density at radius 2 is 2.17 bits per heavy atom. The summed E-state index contributed by atoms with van der Waals surface area (Å²) in [6.07, 6.45) is 4.40. The fourth-order valence-corrected chi connectivity index (χ4v) is 4.14. The van der Waals surface area contributed by atoms with E-state index >= 15 is 0 Å². The van der Waals surface area contributed by atoms with Crippen molar-refractivity contribution in [2.75, 3.05) is 26.2 Å². The monoisotopic (exact) mass is 415 g/mol. The molecule has 1 unspecified atom stereocenters. The van der Waals surface area contributed by atoms with Crippen LogP contribution in [0.25, 0.3) is 0 Å². The second-order valence-electron chi connectivity index (χ2n) is 7.84. The molecule has 2 amide bonds. The Bertz CT molecular complexity index is 780. The van der Waals surface area contributed by atoms with Crippen molar-refractivity contribution in [2.45, 2.75) is 39.4 Å². The Morgan fingerprint density at radius 3 is 2.86 bits per heavy atom. The molecule has 7 heteroatoms. The maximum Gasteiger partial charge on any atom is 0.242 e. The van der Waals surface area contributed by atoms with E-state index in [0.29, 0.717) is 45.0 Å². The first kappa shape index (κ1) is 21.5. The highest BCUT2D eigenvalue weighted by Crippen LogP contribution is 2.16. The van der Waals surface area contributed by atoms with Gasteiger partial charge in [-0.3, -0.25) is 14.6 Å². The number of hydrogen-bond donors (Lipinski definition) is 0. The number of aromatic nitrogens is 1. The molecular formula is C22H29N3O3S. The lowest BCUT2D eigenvalue weighted by Crippen LogP contribution is -2.40. The van der Waals surface area contributed by atoms with Crippen LogP contribution in [0.3, 0.4) is 0 Å². The molecule has 29 heavy (non-hydrogen) atoms. The molecule has 2 aromatic rings. The molecule has 1 atom stereocenters. The first-order valence-corrected chi connectivity index (χ1v) is 11.0. The average molecular weight is 416 g/mol. The molecule has 3 rings (SSSR count). The number of carbonyl (C=O) groups is 2. The summed E-state index contributed by atoms with van der Waals surface area (Å²) in [5.74, 6) is 0.364. The van der Waals surface area contributed by atoms with E-state index in [-0.39, 0.29) is 24.5 Å². The third-order valence-electron chi connectivity index (χ3n) is 4.84. The quantitative estimate of drug-likeness (QED) is 0.665. The Hall–Kier alpha value is -2.25. The summed E-state index contributed by atoms with van der Waals surface area (Å²) in [7, 11) is 0. The van der Waals surface area contributed by atoms with Crippen molar-refractivity contribution in [1.29, 1.82) is 0 Å². The summed E-state index contributed by atoms with van der Waals surface area (Å²) in [5.41, 5.74) is 0.981. The van der Waals surface area contributed by atoms with Gasteiger partial charge in [-0.15, -0.1) is 11.3 Å². The smallest absolute Gasteiger partial charge is 0.242 e. The number of aryl methyl sites for hydroxylation is 1. The molecule has 1 aliphatic rings. The molecule has 3 heterocycles. The van der Waals surface area contributed by atoms with Gasteiger partial charge in [-0.2, -0.15) is 0 Å². The van der Waals surface area contributed by atoms with E-state index in [4.69, 9.17) is 4.74 Å². The van der Waals surface area contributed by atoms with Gasteiger partial charge in [0, 0.05) is 43.3 Å². The van der Waals surface area contributed by atoms with Gasteiger partial charge in [0.15, 0.2) is 0 Å². The van der Waals surface area contributed by atoms with Crippen LogP contribution in [0.5, 0.6) is 0 Å². The van der Waals surface area contributed by atoms with E-state index in [9.17, 15) is 9.59 Å². The van der Waals surface area contributed by atoms with E-state index in [2.05, 4.69) is 18.8 Å². The van der Waals surface area contributed by atoms with Gasteiger partial charge < -0.3 is 14.5 Å². The topological polar surface area (TPSA) is 62.7 Å². The number of thiophene rings is 1. The number of amides is 2. The fraction of sp³-hybridized carbons (Fsp3) is 0.500. The minimum Gasteiger partial charge on any atom is -0.370 e. The molecule has 156 valence electrons. The van der Waals surface area contributed by atoms with E-state index in [0.717, 1.165) is 5.56 Å². The molecule has 0 spiro atoms. The summed E-state index contributed by atoms with van der Waals surface area (Å²) >= 11 is 1.65. The molecule has 0 radical (unpaired) electrons. The number of pyridine rings is 1. The zero-order valence-corrected chi connectivity index (χ0v) is 17.9. The van der Waals surface area contributed by atoms with Crippen LogP contribution in [0.15, 0.2) is 42.0 Å². The van der Waals surface area contributed by atoms with Gasteiger partial charge in [-0.1, -0.05) is 26.0 Å². The molecule has 2 aromatic heterocycles. The first-order chi connectivity index (χ1) is 14.0. The maximum atomic E-state index is 12.8. The van der Waals surface area contributed by atoms with Crippen molar-refractivity contribution in [3.63, 3.8) is 0 Å². The standard InChI is InChI=1S/C22H29N3O3S/c1-17(2)12-24-13-19(28-16-18-5-3-9-23-11-18)14-25(15-22(24)27)21(26)8-7-20-6-4-10-29-20/h3-6,9-11,17,19H,7-8,12-16H2,1-2H3. The Kier molecular flexibility index (Phi) is 7.77. The van der Waals surface area contributed by atoms with Crippen molar-refractivity contribution < 1.29 is 14.3 Å². The third kappa shape index (κ3) is 6.65. The molecule has 1 saturated heterocycles. The van der Waals surface area contributed by atoms with Gasteiger partial charge in [0.05, 0.1) is 19.3 Å². The maximum absolute atomic E-state index is 12.8. The van der Waals surface area contributed by atoms with E-state index in [1.807, 2.05) is 34.5 Å². The van der Waals surface area contributed by atoms with Crippen molar-refractivity contribution in [2.24, 2.45) is 5.92 Å². The van der Waals surface area contributed by atoms with Crippen molar-refractivity contribution >= 4 is 23.2 Å². The van der Waals surface area contributed by atoms with E-state index in [1.165, 1.54) is 4.88 Å². The predicted molar refractivity (Wildman–Crippen MR) is 113 cm³/mol. The number of rotatable bonds is 8. The summed E-state index contributed by atoms with van der Waals surface area (Å²) in [5, 5.41) is 2.02. The van der Waals surface area contributed by atoms with Crippen LogP contribution in [-0.2, 0) is 27.4 Å². The van der Waals surface area contributed by atoms with Crippen LogP contribution in [0.2, 0.25) is 0 Å². The van der Waals surface area contributed by atoms with Crippen LogP contribution in [0.4, 0.5) is 0 Å². The first-order valence-electron chi connectivity index (χ1n) is 10.1. The third-order valence-corrected chi connectivity index (χ3v) is 5.78. The van der Waals surface area contributed by atoms with Gasteiger partial charge in [0.2, 0.25) is 11.8 Å². The van der Waals surface area contributed by atoms with Crippen molar-refractivity contribution in [3.05, 3.63) is 52.5 Å². The lowest BCUT2D eigenvalue weighted by Gasteiger charge is -2.26. The van der Waals surface area contributed by atoms with Crippen LogP contribution >= 0.6 is 11.3 Å². The second kappa shape index (κ2) is 10.5. The average Bonchev–Trinajstić information content (AvgIpc) is 3.17. The zero-order chi connectivity index (χ0) is 20.6. The summed E-state index contributed by atoms with van der Waals surface area (Å²) < 4.78 is 6.11. The SMILES string of the molecule is CC(C)CN1CC(OCc2cccnc2)CN(C(=O)CCc2cccs2)CC1=O. The predicted octanol–water partition coefficient (Wildman–Crippen LogP) is 2.99. The summed E-state index contributed by atoms with van der Waals surface area (Å²) in [6, 6.07) is 7.87. The van der Waals surface area contributed by atoms with E-state index < -0.39 is 0 Å². The molecule has 0 saturated carbocycles. The highest BCUT2D eigenvalue weighted by Gasteiger charge is 2.31. The second-order valence-corrected chi connectivity index (χ2v) is 8.87. The van der Waals surface area contributed by atoms with Gasteiger partial charge in [0.1, 0.15) is 0 Å². The van der Waals surface area contributed by atoms with Gasteiger partial charge in [-0.25, -0.2) is 0 Å². The fourth-order valence-electron chi connectivity index (χ4n) is 3.43. The molecule has 1 aliphatic heterocycles. The highest BCUT2D eigenvalue weighted by atomic mass is 32.1. The van der Waals surface area contributed by atoms with E-state index in [1.54, 1.807) is 28.6 Å². The number of nitrogens with zero attached hydrogens (tertiary/aromatic N) is 3. The van der Waals surface area contributed by atoms with Gasteiger partial charge in [-0.05, 0) is 35.4 Å². The Balaban J connectivity index is 1.65. The lowest BCUT2D eigenvalue weighted by atomic mass is 10.2. The van der Waals surface area contributed by atoms with Crippen LogP contribution in [-0.4, -0.2) is 58.9 Å². The van der Waals surface area contributed by atoms with Crippen molar-refractivity contribution in [1.82, 2.24) is 14.8 Å². The molecule has 1 fully saturated rings. The molecule has 0 bridgehead atoms. The summed E-state index contributed by atoms with van der Waals surface area (Å²) in [4.78, 5) is 34.4. The van der Waals surface area contributed by atoms with Crippen LogP contribution in [0.1, 0.15) is 30.7 Å². The number of ether oxygens (including phenoxy) is 1. The van der Waals surface area contributed by atoms with Crippen LogP contribution in [0, 0.1) is 5.92 Å². The Labute approximate surface area is 176 Å². The molecule has 0 aliphatic carbocycles. The normalized spacial score (nSPS) is 17.6. The summed E-state index contributed by atoms with van der Waals surface area (Å²) in [6.45, 7) is 6.34. The number of carbonyl (C=O) groups excluding carboxylic acids is 2. The van der Waals surface area contributed by atoms with Crippen molar-refractivity contribution in [3.8, 4) is 0 Å². The minimum atomic E-state index is -0.217. The molecule has 6 nitrogen and oxygen atoms in total. The molecule has 0 N–H and O–H groups in total. The van der Waals surface area contributed by atoms with Gasteiger partial charge in [0.25, 0.3) is 0 Å². The molecular weight excluding hydrogens is 386 g/mol. The lowest BCUT2D eigenvalue weighted by molar-refractivity contribution is -0.139. The largest absolute Gasteiger partial charge is 0.370 e. The highest BCUT2D eigenvalue weighted by molar-refractivity contribution is 7.09. The zero-order valence-electron chi connectivity index (χ0n) is 17.1.